The van der Waals surface area contributed by atoms with Gasteiger partial charge in [0.05, 0.1) is 24.5 Å². The lowest BCUT2D eigenvalue weighted by Gasteiger charge is -2.29. The maximum atomic E-state index is 14.2. The molecule has 4 aromatic rings. The Balaban J connectivity index is 1.61. The summed E-state index contributed by atoms with van der Waals surface area (Å²) in [5, 5.41) is 6.92. The number of aromatic nitrogens is 2. The number of nitrogens with zero attached hydrogens (tertiary/aromatic N) is 3. The van der Waals surface area contributed by atoms with Crippen LogP contribution in [0.3, 0.4) is 0 Å². The largest absolute Gasteiger partial charge is 0.494 e. The van der Waals surface area contributed by atoms with Gasteiger partial charge in [-0.3, -0.25) is 9.78 Å². The molecule has 1 saturated heterocycles. The number of thiocarbonyl (C=S) groups is 1. The molecule has 5 rings (SSSR count). The van der Waals surface area contributed by atoms with Crippen molar-refractivity contribution < 1.29 is 13.9 Å². The minimum Gasteiger partial charge on any atom is -0.494 e. The minimum absolute atomic E-state index is 0.118. The third-order valence-corrected chi connectivity index (χ3v) is 6.98. The molecule has 0 bridgehead atoms. The molecule has 0 spiro atoms. The lowest BCUT2D eigenvalue weighted by atomic mass is 9.95. The predicted molar refractivity (Wildman–Crippen MR) is 155 cm³/mol. The number of anilines is 2. The zero-order chi connectivity index (χ0) is 27.7. The Labute approximate surface area is 232 Å². The van der Waals surface area contributed by atoms with Crippen molar-refractivity contribution in [2.75, 3.05) is 17.3 Å². The average Bonchev–Trinajstić information content (AvgIpc) is 3.53. The van der Waals surface area contributed by atoms with E-state index in [-0.39, 0.29) is 23.8 Å². The standard InChI is InChI=1S/C30H30FN5O2S/c1-30(2,3)28(37)33-22-14-13-21(18-25(22)38-4)36-27(26(34-29(36)39)23-11-5-6-15-32-23)24-12-8-16-35(24)20-10-7-9-19(31)17-20/h5-18,26-27H,1-4H3,(H,33,37)(H,34,39). The van der Waals surface area contributed by atoms with E-state index >= 15 is 0 Å². The number of methoxy groups -OCH3 is 1. The highest BCUT2D eigenvalue weighted by atomic mass is 32.1. The van der Waals surface area contributed by atoms with Gasteiger partial charge in [-0.2, -0.15) is 0 Å². The molecule has 0 saturated carbocycles. The molecule has 2 atom stereocenters. The summed E-state index contributed by atoms with van der Waals surface area (Å²) in [5.74, 6) is 0.0735. The van der Waals surface area contributed by atoms with Gasteiger partial charge < -0.3 is 24.8 Å². The lowest BCUT2D eigenvalue weighted by molar-refractivity contribution is -0.123. The number of hydrogen-bond acceptors (Lipinski definition) is 4. The van der Waals surface area contributed by atoms with Crippen molar-refractivity contribution in [1.29, 1.82) is 0 Å². The zero-order valence-corrected chi connectivity index (χ0v) is 23.0. The minimum atomic E-state index is -0.562. The molecule has 1 aliphatic heterocycles. The van der Waals surface area contributed by atoms with Crippen LogP contribution in [0.1, 0.15) is 44.2 Å². The Bertz CT molecular complexity index is 1520. The third-order valence-electron chi connectivity index (χ3n) is 6.66. The molecule has 39 heavy (non-hydrogen) atoms. The van der Waals surface area contributed by atoms with Crippen LogP contribution in [0.5, 0.6) is 5.75 Å². The van der Waals surface area contributed by atoms with Gasteiger partial charge in [-0.15, -0.1) is 0 Å². The highest BCUT2D eigenvalue weighted by Crippen LogP contribution is 2.44. The van der Waals surface area contributed by atoms with Gasteiger partial charge in [0.2, 0.25) is 5.91 Å². The normalized spacial score (nSPS) is 17.2. The third kappa shape index (κ3) is 5.22. The Kier molecular flexibility index (Phi) is 7.10. The van der Waals surface area contributed by atoms with Crippen molar-refractivity contribution in [1.82, 2.24) is 14.9 Å². The average molecular weight is 544 g/mol. The van der Waals surface area contributed by atoms with Crippen molar-refractivity contribution in [3.8, 4) is 11.4 Å². The first-order valence-electron chi connectivity index (χ1n) is 12.6. The molecule has 1 amide bonds. The number of halogens is 1. The van der Waals surface area contributed by atoms with E-state index in [1.165, 1.54) is 12.1 Å². The van der Waals surface area contributed by atoms with Crippen molar-refractivity contribution in [2.24, 2.45) is 5.41 Å². The fourth-order valence-corrected chi connectivity index (χ4v) is 5.02. The van der Waals surface area contributed by atoms with Gasteiger partial charge >= 0.3 is 0 Å². The second-order valence-electron chi connectivity index (χ2n) is 10.4. The fraction of sp³-hybridized carbons (Fsp3) is 0.233. The summed E-state index contributed by atoms with van der Waals surface area (Å²) in [6.07, 6.45) is 3.66. The molecule has 1 aliphatic rings. The summed E-state index contributed by atoms with van der Waals surface area (Å²) < 4.78 is 21.8. The van der Waals surface area contributed by atoms with Crippen LogP contribution in [0.2, 0.25) is 0 Å². The second-order valence-corrected chi connectivity index (χ2v) is 10.8. The SMILES string of the molecule is COc1cc(N2C(=S)NC(c3ccccn3)C2c2cccn2-c2cccc(F)c2)ccc1NC(=O)C(C)(C)C. The Morgan fingerprint density at radius 3 is 2.56 bits per heavy atom. The van der Waals surface area contributed by atoms with Gasteiger partial charge in [0, 0.05) is 40.9 Å². The van der Waals surface area contributed by atoms with Crippen LogP contribution in [0.4, 0.5) is 15.8 Å². The van der Waals surface area contributed by atoms with Crippen LogP contribution < -0.4 is 20.3 Å². The van der Waals surface area contributed by atoms with Crippen LogP contribution in [-0.4, -0.2) is 27.7 Å². The van der Waals surface area contributed by atoms with Gasteiger partial charge in [0.1, 0.15) is 17.6 Å². The number of benzene rings is 2. The smallest absolute Gasteiger partial charge is 0.229 e. The zero-order valence-electron chi connectivity index (χ0n) is 22.2. The van der Waals surface area contributed by atoms with E-state index in [1.54, 1.807) is 19.4 Å². The van der Waals surface area contributed by atoms with E-state index in [4.69, 9.17) is 17.0 Å². The van der Waals surface area contributed by atoms with Crippen LogP contribution in [0, 0.1) is 11.2 Å². The summed E-state index contributed by atoms with van der Waals surface area (Å²) >= 11 is 5.87. The molecule has 2 aromatic carbocycles. The first-order valence-corrected chi connectivity index (χ1v) is 13.0. The molecule has 7 nitrogen and oxygen atoms in total. The van der Waals surface area contributed by atoms with E-state index < -0.39 is 5.41 Å². The van der Waals surface area contributed by atoms with Gasteiger partial charge in [-0.05, 0) is 66.8 Å². The first kappa shape index (κ1) is 26.4. The second kappa shape index (κ2) is 10.5. The van der Waals surface area contributed by atoms with E-state index in [2.05, 4.69) is 15.6 Å². The number of pyridine rings is 1. The topological polar surface area (TPSA) is 71.4 Å². The molecular formula is C30H30FN5O2S. The predicted octanol–water partition coefficient (Wildman–Crippen LogP) is 6.18. The molecule has 200 valence electrons. The maximum Gasteiger partial charge on any atom is 0.229 e. The summed E-state index contributed by atoms with van der Waals surface area (Å²) in [5.41, 5.74) is 3.19. The molecule has 0 radical (unpaired) electrons. The highest BCUT2D eigenvalue weighted by molar-refractivity contribution is 7.80. The van der Waals surface area contributed by atoms with Crippen molar-refractivity contribution in [2.45, 2.75) is 32.9 Å². The number of hydrogen-bond donors (Lipinski definition) is 2. The summed E-state index contributed by atoms with van der Waals surface area (Å²) in [6, 6.07) is 21.1. The number of amides is 1. The Hall–Kier alpha value is -4.24. The number of carbonyl (C=O) groups excluding carboxylic acids is 1. The highest BCUT2D eigenvalue weighted by Gasteiger charge is 2.42. The summed E-state index contributed by atoms with van der Waals surface area (Å²) in [4.78, 5) is 19.3. The van der Waals surface area contributed by atoms with Crippen LogP contribution in [-0.2, 0) is 4.79 Å². The Morgan fingerprint density at radius 2 is 1.87 bits per heavy atom. The molecule has 9 heteroatoms. The summed E-state index contributed by atoms with van der Waals surface area (Å²) in [7, 11) is 1.57. The number of ether oxygens (including phenoxy) is 1. The quantitative estimate of drug-likeness (QED) is 0.283. The van der Waals surface area contributed by atoms with Gasteiger partial charge in [-0.25, -0.2) is 4.39 Å². The van der Waals surface area contributed by atoms with Crippen molar-refractivity contribution >= 4 is 34.6 Å². The molecule has 3 heterocycles. The molecule has 2 unspecified atom stereocenters. The molecule has 2 N–H and O–H groups in total. The van der Waals surface area contributed by atoms with E-state index in [0.717, 1.165) is 17.1 Å². The van der Waals surface area contributed by atoms with Gasteiger partial charge in [-0.1, -0.05) is 32.9 Å². The molecule has 2 aromatic heterocycles. The van der Waals surface area contributed by atoms with E-state index in [0.29, 0.717) is 22.2 Å². The maximum absolute atomic E-state index is 14.2. The molecule has 1 fully saturated rings. The number of nitrogens with one attached hydrogen (secondary N) is 2. The van der Waals surface area contributed by atoms with Crippen LogP contribution in [0.25, 0.3) is 5.69 Å². The van der Waals surface area contributed by atoms with Gasteiger partial charge in [0.15, 0.2) is 5.11 Å². The molecular weight excluding hydrogens is 513 g/mol. The van der Waals surface area contributed by atoms with Crippen LogP contribution in [0.15, 0.2) is 85.2 Å². The summed E-state index contributed by atoms with van der Waals surface area (Å²) in [6.45, 7) is 5.56. The lowest BCUT2D eigenvalue weighted by Crippen LogP contribution is -2.30. The molecule has 0 aliphatic carbocycles. The number of rotatable bonds is 6. The first-order chi connectivity index (χ1) is 18.7. The van der Waals surface area contributed by atoms with E-state index in [1.807, 2.05) is 91.0 Å². The van der Waals surface area contributed by atoms with Crippen LogP contribution >= 0.6 is 12.2 Å². The van der Waals surface area contributed by atoms with Crippen molar-refractivity contribution in [3.05, 3.63) is 102 Å². The Morgan fingerprint density at radius 1 is 1.05 bits per heavy atom. The van der Waals surface area contributed by atoms with E-state index in [9.17, 15) is 9.18 Å². The number of carbonyl (C=O) groups is 1. The fourth-order valence-electron chi connectivity index (χ4n) is 4.67. The van der Waals surface area contributed by atoms with Crippen molar-refractivity contribution in [3.63, 3.8) is 0 Å². The monoisotopic (exact) mass is 543 g/mol. The van der Waals surface area contributed by atoms with Gasteiger partial charge in [0.25, 0.3) is 0 Å².